The van der Waals surface area contributed by atoms with Crippen molar-refractivity contribution in [1.29, 1.82) is 0 Å². The van der Waals surface area contributed by atoms with Crippen molar-refractivity contribution in [2.24, 2.45) is 0 Å². The monoisotopic (exact) mass is 680 g/mol. The van der Waals surface area contributed by atoms with Crippen LogP contribution in [-0.4, -0.2) is 32.1 Å². The lowest BCUT2D eigenvalue weighted by atomic mass is 10.1. The molecule has 0 atom stereocenters. The maximum atomic E-state index is 12.9. The van der Waals surface area contributed by atoms with E-state index < -0.39 is 46.3 Å². The predicted molar refractivity (Wildman–Crippen MR) is 175 cm³/mol. The molecule has 2 heterocycles. The third-order valence-electron chi connectivity index (χ3n) is 6.86. The summed E-state index contributed by atoms with van der Waals surface area (Å²) in [6.45, 7) is 0. The molecule has 12 heteroatoms. The molecule has 5 aromatic carbocycles. The summed E-state index contributed by atoms with van der Waals surface area (Å²) in [6, 6.07) is 39.7. The molecule has 0 bridgehead atoms. The molecule has 0 amide bonds. The van der Waals surface area contributed by atoms with Crippen LogP contribution in [0.1, 0.15) is 20.7 Å². The molecule has 0 spiro atoms. The Balaban J connectivity index is 0.000000146. The van der Waals surface area contributed by atoms with Crippen molar-refractivity contribution in [3.8, 4) is 45.6 Å². The summed E-state index contributed by atoms with van der Waals surface area (Å²) in [5.41, 5.74) is 0.328. The number of hydrogen-bond donors (Lipinski definition) is 2. The molecule has 7 rings (SSSR count). The number of aromatic nitrogens is 2. The number of nitrogens with zero attached hydrogens (tertiary/aromatic N) is 2. The SMILES string of the molecule is O=C(O)c1c(F)c(F)c(C(=O)O)c(F)c1F.c1ccc(-c2cnc(-c3ccccc3)o2)cc1.c1ccc(-c2cnc(-c3ccccc3)o2)cc1. The Morgan fingerprint density at radius 1 is 0.440 bits per heavy atom. The molecule has 250 valence electrons. The van der Waals surface area contributed by atoms with E-state index in [9.17, 15) is 27.2 Å². The largest absolute Gasteiger partial charge is 0.477 e. The van der Waals surface area contributed by atoms with Crippen LogP contribution in [0.15, 0.2) is 143 Å². The number of benzene rings is 5. The van der Waals surface area contributed by atoms with Crippen LogP contribution < -0.4 is 0 Å². The second-order valence-electron chi connectivity index (χ2n) is 10.1. The Hall–Kier alpha value is -6.82. The van der Waals surface area contributed by atoms with Crippen molar-refractivity contribution in [2.75, 3.05) is 0 Å². The number of hydrogen-bond acceptors (Lipinski definition) is 6. The maximum absolute atomic E-state index is 12.9. The first kappa shape index (κ1) is 34.5. The fraction of sp³-hybridized carbons (Fsp3) is 0. The number of carboxylic acid groups (broad SMARTS) is 2. The molecule has 2 aromatic heterocycles. The fourth-order valence-corrected chi connectivity index (χ4v) is 4.46. The van der Waals surface area contributed by atoms with E-state index in [0.29, 0.717) is 11.8 Å². The van der Waals surface area contributed by atoms with Crippen LogP contribution in [0.3, 0.4) is 0 Å². The van der Waals surface area contributed by atoms with E-state index in [0.717, 1.165) is 33.8 Å². The second-order valence-corrected chi connectivity index (χ2v) is 10.1. The zero-order valence-electron chi connectivity index (χ0n) is 25.6. The summed E-state index contributed by atoms with van der Waals surface area (Å²) < 4.78 is 63.0. The quantitative estimate of drug-likeness (QED) is 0.131. The number of rotatable bonds is 6. The average molecular weight is 681 g/mol. The molecule has 50 heavy (non-hydrogen) atoms. The lowest BCUT2D eigenvalue weighted by molar-refractivity contribution is 0.0658. The van der Waals surface area contributed by atoms with Crippen molar-refractivity contribution in [2.45, 2.75) is 0 Å². The van der Waals surface area contributed by atoms with E-state index in [1.807, 2.05) is 121 Å². The topological polar surface area (TPSA) is 127 Å². The van der Waals surface area contributed by atoms with Crippen LogP contribution in [0.5, 0.6) is 0 Å². The number of halogens is 4. The highest BCUT2D eigenvalue weighted by molar-refractivity contribution is 5.93. The van der Waals surface area contributed by atoms with Gasteiger partial charge in [-0.25, -0.2) is 37.1 Å². The van der Waals surface area contributed by atoms with Crippen molar-refractivity contribution in [3.05, 3.63) is 168 Å². The van der Waals surface area contributed by atoms with E-state index in [1.165, 1.54) is 0 Å². The first-order chi connectivity index (χ1) is 24.2. The maximum Gasteiger partial charge on any atom is 0.341 e. The van der Waals surface area contributed by atoms with E-state index in [4.69, 9.17) is 19.0 Å². The van der Waals surface area contributed by atoms with Crippen molar-refractivity contribution in [1.82, 2.24) is 9.97 Å². The zero-order valence-corrected chi connectivity index (χ0v) is 25.6. The van der Waals surface area contributed by atoms with Crippen LogP contribution in [0.4, 0.5) is 17.6 Å². The zero-order chi connectivity index (χ0) is 35.6. The number of carbonyl (C=O) groups is 2. The van der Waals surface area contributed by atoms with Gasteiger partial charge in [0.25, 0.3) is 0 Å². The minimum absolute atomic E-state index is 0.657. The van der Waals surface area contributed by atoms with Crippen molar-refractivity contribution < 1.29 is 46.2 Å². The lowest BCUT2D eigenvalue weighted by Gasteiger charge is -2.05. The standard InChI is InChI=1S/2C15H11NO.C8H2F4O4/c2*1-3-7-12(8-4-1)14-11-16-15(17-14)13-9-5-2-6-10-13;9-3-1(7(13)14)4(10)6(12)2(5(3)11)8(15)16/h2*1-11H;(H,13,14)(H,15,16). The summed E-state index contributed by atoms with van der Waals surface area (Å²) in [7, 11) is 0. The normalized spacial score (nSPS) is 10.3. The molecule has 2 N–H and O–H groups in total. The Kier molecular flexibility index (Phi) is 10.9. The highest BCUT2D eigenvalue weighted by Crippen LogP contribution is 2.27. The molecule has 8 nitrogen and oxygen atoms in total. The van der Waals surface area contributed by atoms with Crippen LogP contribution in [-0.2, 0) is 0 Å². The van der Waals surface area contributed by atoms with Gasteiger partial charge >= 0.3 is 11.9 Å². The van der Waals surface area contributed by atoms with Gasteiger partial charge in [-0.2, -0.15) is 0 Å². The van der Waals surface area contributed by atoms with E-state index in [2.05, 4.69) is 9.97 Å². The highest BCUT2D eigenvalue weighted by Gasteiger charge is 2.32. The molecule has 0 unspecified atom stereocenters. The highest BCUT2D eigenvalue weighted by atomic mass is 19.2. The van der Waals surface area contributed by atoms with Gasteiger partial charge in [0.15, 0.2) is 34.8 Å². The molecule has 0 radical (unpaired) electrons. The molecular formula is C38H24F4N2O6. The van der Waals surface area contributed by atoms with Crippen LogP contribution in [0.2, 0.25) is 0 Å². The molecule has 0 aliphatic carbocycles. The summed E-state index contributed by atoms with van der Waals surface area (Å²) >= 11 is 0. The fourth-order valence-electron chi connectivity index (χ4n) is 4.46. The van der Waals surface area contributed by atoms with Gasteiger partial charge in [-0.3, -0.25) is 0 Å². The number of oxazole rings is 2. The van der Waals surface area contributed by atoms with Gasteiger partial charge in [0, 0.05) is 22.3 Å². The molecule has 0 fully saturated rings. The summed E-state index contributed by atoms with van der Waals surface area (Å²) in [6.07, 6.45) is 3.52. The van der Waals surface area contributed by atoms with Gasteiger partial charge in [0.2, 0.25) is 11.8 Å². The summed E-state index contributed by atoms with van der Waals surface area (Å²) in [4.78, 5) is 29.1. The van der Waals surface area contributed by atoms with Gasteiger partial charge in [0.1, 0.15) is 11.1 Å². The Morgan fingerprint density at radius 2 is 0.700 bits per heavy atom. The first-order valence-corrected chi connectivity index (χ1v) is 14.6. The smallest absolute Gasteiger partial charge is 0.341 e. The third-order valence-corrected chi connectivity index (χ3v) is 6.86. The van der Waals surface area contributed by atoms with Crippen molar-refractivity contribution in [3.63, 3.8) is 0 Å². The molecule has 0 saturated carbocycles. The average Bonchev–Trinajstić information content (AvgIpc) is 3.85. The predicted octanol–water partition coefficient (Wildman–Crippen LogP) is 9.66. The molecule has 0 aliphatic heterocycles. The minimum Gasteiger partial charge on any atom is -0.477 e. The molecule has 0 saturated heterocycles. The van der Waals surface area contributed by atoms with Crippen LogP contribution >= 0.6 is 0 Å². The van der Waals surface area contributed by atoms with E-state index in [1.54, 1.807) is 12.4 Å². The first-order valence-electron chi connectivity index (χ1n) is 14.6. The van der Waals surface area contributed by atoms with Gasteiger partial charge in [0.05, 0.1) is 12.4 Å². The van der Waals surface area contributed by atoms with E-state index in [-0.39, 0.29) is 0 Å². The van der Waals surface area contributed by atoms with Gasteiger partial charge in [-0.15, -0.1) is 0 Å². The van der Waals surface area contributed by atoms with Gasteiger partial charge in [-0.1, -0.05) is 97.1 Å². The number of aromatic carboxylic acids is 2. The lowest BCUT2D eigenvalue weighted by Crippen LogP contribution is -2.15. The molecular weight excluding hydrogens is 656 g/mol. The van der Waals surface area contributed by atoms with Crippen LogP contribution in [0, 0.1) is 23.3 Å². The molecule has 0 aliphatic rings. The minimum atomic E-state index is -2.26. The van der Waals surface area contributed by atoms with Crippen molar-refractivity contribution >= 4 is 11.9 Å². The van der Waals surface area contributed by atoms with Crippen LogP contribution in [0.25, 0.3) is 45.6 Å². The van der Waals surface area contributed by atoms with E-state index >= 15 is 0 Å². The Bertz CT molecular complexity index is 1910. The summed E-state index contributed by atoms with van der Waals surface area (Å²) in [5, 5.41) is 16.5. The van der Waals surface area contributed by atoms with Gasteiger partial charge < -0.3 is 19.0 Å². The Morgan fingerprint density at radius 3 is 0.960 bits per heavy atom. The summed E-state index contributed by atoms with van der Waals surface area (Å²) in [5.74, 6) is -10.6. The van der Waals surface area contributed by atoms with Gasteiger partial charge in [-0.05, 0) is 24.3 Å². The molecule has 7 aromatic rings. The second kappa shape index (κ2) is 15.8. The Labute approximate surface area is 281 Å². The number of carboxylic acids is 2. The third kappa shape index (κ3) is 8.00.